The van der Waals surface area contributed by atoms with Crippen molar-refractivity contribution >= 4 is 0 Å². The molecular weight excluding hydrogens is 178 g/mol. The zero-order valence-corrected chi connectivity index (χ0v) is 9.53. The first kappa shape index (κ1) is 12.0. The minimum absolute atomic E-state index is 0.0211. The molecular formula is C11H23NO2. The summed E-state index contributed by atoms with van der Waals surface area (Å²) in [5.41, 5.74) is 6.13. The minimum atomic E-state index is -0.245. The van der Waals surface area contributed by atoms with Gasteiger partial charge < -0.3 is 15.2 Å². The molecule has 3 unspecified atom stereocenters. The number of hydrogen-bond donors (Lipinski definition) is 1. The topological polar surface area (TPSA) is 44.5 Å². The van der Waals surface area contributed by atoms with Crippen LogP contribution in [0.25, 0.3) is 0 Å². The molecule has 1 aliphatic carbocycles. The third-order valence-corrected chi connectivity index (χ3v) is 3.30. The van der Waals surface area contributed by atoms with Crippen molar-refractivity contribution in [2.24, 2.45) is 17.6 Å². The Morgan fingerprint density at radius 2 is 1.86 bits per heavy atom. The third kappa shape index (κ3) is 2.94. The fourth-order valence-corrected chi connectivity index (χ4v) is 2.46. The second kappa shape index (κ2) is 5.69. The number of hydrogen-bond acceptors (Lipinski definition) is 3. The lowest BCUT2D eigenvalue weighted by Gasteiger charge is -2.34. The van der Waals surface area contributed by atoms with Gasteiger partial charge in [-0.3, -0.25) is 0 Å². The summed E-state index contributed by atoms with van der Waals surface area (Å²) in [6.45, 7) is 2.30. The van der Waals surface area contributed by atoms with Crippen LogP contribution >= 0.6 is 0 Å². The molecule has 14 heavy (non-hydrogen) atoms. The van der Waals surface area contributed by atoms with E-state index < -0.39 is 0 Å². The first-order chi connectivity index (χ1) is 6.69. The van der Waals surface area contributed by atoms with Gasteiger partial charge >= 0.3 is 0 Å². The van der Waals surface area contributed by atoms with Crippen LogP contribution in [0.4, 0.5) is 0 Å². The molecule has 1 rings (SSSR count). The third-order valence-electron chi connectivity index (χ3n) is 3.30. The smallest absolute Gasteiger partial charge is 0.172 e. The predicted molar refractivity (Wildman–Crippen MR) is 56.9 cm³/mol. The van der Waals surface area contributed by atoms with E-state index in [9.17, 15) is 0 Å². The molecule has 3 nitrogen and oxygen atoms in total. The van der Waals surface area contributed by atoms with Crippen LogP contribution in [0.2, 0.25) is 0 Å². The van der Waals surface area contributed by atoms with Crippen molar-refractivity contribution in [1.82, 2.24) is 0 Å². The summed E-state index contributed by atoms with van der Waals surface area (Å²) in [5, 5.41) is 0. The highest BCUT2D eigenvalue weighted by Crippen LogP contribution is 2.31. The van der Waals surface area contributed by atoms with Crippen LogP contribution in [-0.2, 0) is 9.47 Å². The van der Waals surface area contributed by atoms with Gasteiger partial charge in [0.25, 0.3) is 0 Å². The van der Waals surface area contributed by atoms with E-state index in [4.69, 9.17) is 15.2 Å². The zero-order chi connectivity index (χ0) is 10.6. The van der Waals surface area contributed by atoms with Gasteiger partial charge in [-0.1, -0.05) is 19.8 Å². The lowest BCUT2D eigenvalue weighted by molar-refractivity contribution is -0.128. The number of rotatable bonds is 4. The maximum atomic E-state index is 6.13. The number of methoxy groups -OCH3 is 2. The van der Waals surface area contributed by atoms with E-state index >= 15 is 0 Å². The molecule has 0 bridgehead atoms. The van der Waals surface area contributed by atoms with Crippen molar-refractivity contribution in [2.75, 3.05) is 14.2 Å². The lowest BCUT2D eigenvalue weighted by atomic mass is 9.78. The van der Waals surface area contributed by atoms with Crippen molar-refractivity contribution in [3.05, 3.63) is 0 Å². The number of ether oxygens (including phenoxy) is 2. The van der Waals surface area contributed by atoms with Gasteiger partial charge in [-0.05, 0) is 24.7 Å². The Morgan fingerprint density at radius 3 is 2.36 bits per heavy atom. The largest absolute Gasteiger partial charge is 0.354 e. The Bertz CT molecular complexity index is 159. The highest BCUT2D eigenvalue weighted by atomic mass is 16.7. The Balaban J connectivity index is 2.45. The summed E-state index contributed by atoms with van der Waals surface area (Å²) in [7, 11) is 3.31. The quantitative estimate of drug-likeness (QED) is 0.705. The monoisotopic (exact) mass is 201 g/mol. The molecule has 0 aromatic carbocycles. The van der Waals surface area contributed by atoms with Crippen molar-refractivity contribution in [1.29, 1.82) is 0 Å². The average Bonchev–Trinajstić information content (AvgIpc) is 2.19. The highest BCUT2D eigenvalue weighted by molar-refractivity contribution is 4.81. The lowest BCUT2D eigenvalue weighted by Crippen LogP contribution is -2.44. The zero-order valence-electron chi connectivity index (χ0n) is 9.53. The molecule has 0 aromatic rings. The normalized spacial score (nSPS) is 30.6. The van der Waals surface area contributed by atoms with E-state index in [0.717, 1.165) is 5.92 Å². The van der Waals surface area contributed by atoms with Gasteiger partial charge in [-0.2, -0.15) is 0 Å². The van der Waals surface area contributed by atoms with Gasteiger partial charge in [0.15, 0.2) is 6.29 Å². The molecule has 3 atom stereocenters. The molecule has 2 N–H and O–H groups in total. The van der Waals surface area contributed by atoms with Gasteiger partial charge in [0.2, 0.25) is 0 Å². The van der Waals surface area contributed by atoms with Crippen molar-refractivity contribution < 1.29 is 9.47 Å². The van der Waals surface area contributed by atoms with Crippen LogP contribution < -0.4 is 5.73 Å². The van der Waals surface area contributed by atoms with E-state index in [1.165, 1.54) is 25.7 Å². The molecule has 84 valence electrons. The number of nitrogens with two attached hydrogens (primary N) is 1. The van der Waals surface area contributed by atoms with Crippen molar-refractivity contribution in [3.8, 4) is 0 Å². The maximum Gasteiger partial charge on any atom is 0.172 e. The molecule has 1 saturated carbocycles. The SMILES string of the molecule is COC(OC)C(N)C1CCCC(C)C1. The van der Waals surface area contributed by atoms with Gasteiger partial charge in [-0.25, -0.2) is 0 Å². The average molecular weight is 201 g/mol. The van der Waals surface area contributed by atoms with Crippen LogP contribution in [0.5, 0.6) is 0 Å². The van der Waals surface area contributed by atoms with Gasteiger partial charge in [0.1, 0.15) is 0 Å². The Kier molecular flexibility index (Phi) is 4.85. The van der Waals surface area contributed by atoms with Gasteiger partial charge in [0, 0.05) is 14.2 Å². The molecule has 1 fully saturated rings. The summed E-state index contributed by atoms with van der Waals surface area (Å²) >= 11 is 0. The second-order valence-corrected chi connectivity index (χ2v) is 4.45. The summed E-state index contributed by atoms with van der Waals surface area (Å²) in [6, 6.07) is 0.0211. The Hall–Kier alpha value is -0.120. The highest BCUT2D eigenvalue weighted by Gasteiger charge is 2.29. The maximum absolute atomic E-state index is 6.13. The first-order valence-electron chi connectivity index (χ1n) is 5.50. The summed E-state index contributed by atoms with van der Waals surface area (Å²) in [5.74, 6) is 1.36. The summed E-state index contributed by atoms with van der Waals surface area (Å²) < 4.78 is 10.4. The van der Waals surface area contributed by atoms with E-state index in [2.05, 4.69) is 6.92 Å². The predicted octanol–water partition coefficient (Wildman–Crippen LogP) is 1.76. The van der Waals surface area contributed by atoms with E-state index in [0.29, 0.717) is 5.92 Å². The molecule has 0 aliphatic heterocycles. The fourth-order valence-electron chi connectivity index (χ4n) is 2.46. The second-order valence-electron chi connectivity index (χ2n) is 4.45. The summed E-state index contributed by atoms with van der Waals surface area (Å²) in [6.07, 6.45) is 4.82. The molecule has 0 aromatic heterocycles. The molecule has 0 heterocycles. The fraction of sp³-hybridized carbons (Fsp3) is 1.00. The van der Waals surface area contributed by atoms with Crippen LogP contribution in [0.15, 0.2) is 0 Å². The van der Waals surface area contributed by atoms with Crippen molar-refractivity contribution in [3.63, 3.8) is 0 Å². The van der Waals surface area contributed by atoms with Crippen LogP contribution in [0.1, 0.15) is 32.6 Å². The molecule has 0 radical (unpaired) electrons. The van der Waals surface area contributed by atoms with Gasteiger partial charge in [0.05, 0.1) is 6.04 Å². The van der Waals surface area contributed by atoms with E-state index in [1.54, 1.807) is 14.2 Å². The van der Waals surface area contributed by atoms with Crippen LogP contribution in [-0.4, -0.2) is 26.6 Å². The standard InChI is InChI=1S/C11H23NO2/c1-8-5-4-6-9(7-8)10(12)11(13-2)14-3/h8-11H,4-7,12H2,1-3H3. The molecule has 0 spiro atoms. The summed E-state index contributed by atoms with van der Waals surface area (Å²) in [4.78, 5) is 0. The molecule has 1 aliphatic rings. The van der Waals surface area contributed by atoms with Crippen LogP contribution in [0.3, 0.4) is 0 Å². The van der Waals surface area contributed by atoms with Gasteiger partial charge in [-0.15, -0.1) is 0 Å². The van der Waals surface area contributed by atoms with E-state index in [-0.39, 0.29) is 12.3 Å². The minimum Gasteiger partial charge on any atom is -0.354 e. The Labute approximate surface area is 86.9 Å². The van der Waals surface area contributed by atoms with Crippen LogP contribution in [0, 0.1) is 11.8 Å². The van der Waals surface area contributed by atoms with Crippen molar-refractivity contribution in [2.45, 2.75) is 44.9 Å². The Morgan fingerprint density at radius 1 is 1.21 bits per heavy atom. The molecule has 0 amide bonds. The first-order valence-corrected chi connectivity index (χ1v) is 5.50. The molecule has 3 heteroatoms. The van der Waals surface area contributed by atoms with E-state index in [1.807, 2.05) is 0 Å². The molecule has 0 saturated heterocycles.